The van der Waals surface area contributed by atoms with Crippen LogP contribution in [-0.4, -0.2) is 23.9 Å². The fourth-order valence-corrected chi connectivity index (χ4v) is 4.73. The third kappa shape index (κ3) is 5.85. The molecule has 0 unspecified atom stereocenters. The van der Waals surface area contributed by atoms with E-state index >= 15 is 0 Å². The molecule has 0 fully saturated rings. The van der Waals surface area contributed by atoms with Crippen molar-refractivity contribution in [3.8, 4) is 5.69 Å². The Balaban J connectivity index is 1.34. The number of rotatable bonds is 8. The maximum absolute atomic E-state index is 12.7. The molecule has 4 aromatic rings. The van der Waals surface area contributed by atoms with Gasteiger partial charge in [0, 0.05) is 30.2 Å². The summed E-state index contributed by atoms with van der Waals surface area (Å²) in [6, 6.07) is 19.7. The Morgan fingerprint density at radius 2 is 1.69 bits per heavy atom. The molecule has 3 aromatic carbocycles. The van der Waals surface area contributed by atoms with Gasteiger partial charge in [0.2, 0.25) is 10.0 Å². The molecule has 35 heavy (non-hydrogen) atoms. The summed E-state index contributed by atoms with van der Waals surface area (Å²) in [5.74, 6) is -0.196. The lowest BCUT2D eigenvalue weighted by Gasteiger charge is -2.15. The lowest BCUT2D eigenvalue weighted by Crippen LogP contribution is -2.26. The van der Waals surface area contributed by atoms with Crippen LogP contribution in [0.25, 0.3) is 5.69 Å². The van der Waals surface area contributed by atoms with E-state index in [0.717, 1.165) is 27.9 Å². The fourth-order valence-electron chi connectivity index (χ4n) is 3.63. The zero-order chi connectivity index (χ0) is 25.0. The highest BCUT2D eigenvalue weighted by molar-refractivity contribution is 7.89. The first kappa shape index (κ1) is 24.4. The smallest absolute Gasteiger partial charge is 0.251 e. The number of sulfonamides is 1. The Hall–Kier alpha value is -3.75. The van der Waals surface area contributed by atoms with Gasteiger partial charge in [-0.25, -0.2) is 18.1 Å². The van der Waals surface area contributed by atoms with Crippen LogP contribution in [0.4, 0.5) is 0 Å². The molecule has 0 radical (unpaired) electrons. The van der Waals surface area contributed by atoms with Crippen LogP contribution in [0.5, 0.6) is 0 Å². The van der Waals surface area contributed by atoms with E-state index in [1.54, 1.807) is 55.0 Å². The van der Waals surface area contributed by atoms with E-state index in [9.17, 15) is 13.2 Å². The molecular weight excluding hydrogens is 460 g/mol. The van der Waals surface area contributed by atoms with Gasteiger partial charge in [-0.15, -0.1) is 0 Å². The maximum Gasteiger partial charge on any atom is 0.251 e. The molecule has 0 saturated carbocycles. The topological polar surface area (TPSA) is 93.1 Å². The van der Waals surface area contributed by atoms with Crippen LogP contribution >= 0.6 is 0 Å². The summed E-state index contributed by atoms with van der Waals surface area (Å²) in [6.45, 7) is 5.89. The summed E-state index contributed by atoms with van der Waals surface area (Å²) in [4.78, 5) is 17.0. The molecule has 0 bridgehead atoms. The van der Waals surface area contributed by atoms with Crippen molar-refractivity contribution in [2.24, 2.45) is 0 Å². The van der Waals surface area contributed by atoms with Crippen molar-refractivity contribution in [3.63, 3.8) is 0 Å². The summed E-state index contributed by atoms with van der Waals surface area (Å²) in [6.07, 6.45) is 5.33. The highest BCUT2D eigenvalue weighted by Crippen LogP contribution is 2.18. The molecule has 0 saturated heterocycles. The minimum atomic E-state index is -3.62. The van der Waals surface area contributed by atoms with E-state index in [1.807, 2.05) is 55.8 Å². The summed E-state index contributed by atoms with van der Waals surface area (Å²) in [5.41, 5.74) is 5.21. The minimum absolute atomic E-state index is 0.136. The van der Waals surface area contributed by atoms with Gasteiger partial charge in [0.05, 0.1) is 17.3 Å². The third-order valence-electron chi connectivity index (χ3n) is 6.01. The molecule has 0 spiro atoms. The van der Waals surface area contributed by atoms with Crippen molar-refractivity contribution >= 4 is 15.9 Å². The average molecular weight is 489 g/mol. The zero-order valence-corrected chi connectivity index (χ0v) is 20.7. The first-order valence-electron chi connectivity index (χ1n) is 11.3. The van der Waals surface area contributed by atoms with Gasteiger partial charge in [0.25, 0.3) is 5.91 Å². The third-order valence-corrected chi connectivity index (χ3v) is 7.41. The Kier molecular flexibility index (Phi) is 7.14. The number of imidazole rings is 1. The number of hydrogen-bond acceptors (Lipinski definition) is 4. The van der Waals surface area contributed by atoms with Gasteiger partial charge in [-0.1, -0.05) is 30.3 Å². The quantitative estimate of drug-likeness (QED) is 0.383. The predicted octanol–water partition coefficient (Wildman–Crippen LogP) is 4.46. The Morgan fingerprint density at radius 3 is 2.31 bits per heavy atom. The molecule has 1 atom stereocenters. The van der Waals surface area contributed by atoms with Gasteiger partial charge in [-0.2, -0.15) is 0 Å². The van der Waals surface area contributed by atoms with Crippen molar-refractivity contribution in [3.05, 3.63) is 113 Å². The lowest BCUT2D eigenvalue weighted by atomic mass is 10.1. The van der Waals surface area contributed by atoms with Crippen molar-refractivity contribution in [2.45, 2.75) is 38.3 Å². The van der Waals surface area contributed by atoms with Gasteiger partial charge in [-0.05, 0) is 79.4 Å². The molecule has 8 heteroatoms. The molecule has 0 aliphatic carbocycles. The van der Waals surface area contributed by atoms with Gasteiger partial charge in [0.15, 0.2) is 0 Å². The predicted molar refractivity (Wildman–Crippen MR) is 136 cm³/mol. The van der Waals surface area contributed by atoms with Gasteiger partial charge in [-0.3, -0.25) is 4.79 Å². The fraction of sp³-hybridized carbons (Fsp3) is 0.185. The normalized spacial score (nSPS) is 12.3. The molecular formula is C27H28N4O3S. The van der Waals surface area contributed by atoms with Crippen LogP contribution in [0.15, 0.2) is 90.3 Å². The van der Waals surface area contributed by atoms with Crippen molar-refractivity contribution in [1.82, 2.24) is 19.6 Å². The number of carbonyl (C=O) groups is 1. The van der Waals surface area contributed by atoms with E-state index < -0.39 is 10.0 Å². The monoisotopic (exact) mass is 488 g/mol. The Bertz CT molecular complexity index is 1410. The molecule has 0 aliphatic rings. The Labute approximate surface area is 205 Å². The molecule has 1 amide bonds. The average Bonchev–Trinajstić information content (AvgIpc) is 3.40. The van der Waals surface area contributed by atoms with Crippen LogP contribution < -0.4 is 10.0 Å². The van der Waals surface area contributed by atoms with E-state index in [4.69, 9.17) is 0 Å². The van der Waals surface area contributed by atoms with E-state index in [2.05, 4.69) is 15.0 Å². The second-order valence-electron chi connectivity index (χ2n) is 8.52. The first-order chi connectivity index (χ1) is 16.7. The van der Waals surface area contributed by atoms with Crippen LogP contribution in [0.2, 0.25) is 0 Å². The standard InChI is InChI=1S/C27H28N4O3S/c1-19-4-13-26(16-20(19)2)35(33,34)29-17-22-5-7-24(8-6-22)27(32)30-21(3)23-9-11-25(12-10-23)31-15-14-28-18-31/h4-16,18,21,29H,17H2,1-3H3,(H,30,32)/t21-/m1/s1. The molecule has 180 valence electrons. The number of nitrogens with one attached hydrogen (secondary N) is 2. The Morgan fingerprint density at radius 1 is 0.971 bits per heavy atom. The summed E-state index contributed by atoms with van der Waals surface area (Å²) in [7, 11) is -3.62. The molecule has 2 N–H and O–H groups in total. The summed E-state index contributed by atoms with van der Waals surface area (Å²) < 4.78 is 29.8. The molecule has 1 heterocycles. The van der Waals surface area contributed by atoms with Crippen LogP contribution in [-0.2, 0) is 16.6 Å². The van der Waals surface area contributed by atoms with Crippen molar-refractivity contribution in [1.29, 1.82) is 0 Å². The van der Waals surface area contributed by atoms with Gasteiger partial charge >= 0.3 is 0 Å². The van der Waals surface area contributed by atoms with Gasteiger partial charge in [0.1, 0.15) is 0 Å². The SMILES string of the molecule is Cc1ccc(S(=O)(=O)NCc2ccc(C(=O)N[C@H](C)c3ccc(-n4ccnc4)cc3)cc2)cc1C. The molecule has 4 rings (SSSR count). The second kappa shape index (κ2) is 10.2. The van der Waals surface area contributed by atoms with Crippen LogP contribution in [0.3, 0.4) is 0 Å². The number of nitrogens with zero attached hydrogens (tertiary/aromatic N) is 2. The van der Waals surface area contributed by atoms with Crippen molar-refractivity contribution in [2.75, 3.05) is 0 Å². The van der Waals surface area contributed by atoms with E-state index in [0.29, 0.717) is 5.56 Å². The molecule has 0 aliphatic heterocycles. The number of hydrogen-bond donors (Lipinski definition) is 2. The minimum Gasteiger partial charge on any atom is -0.346 e. The maximum atomic E-state index is 12.7. The number of aryl methyl sites for hydroxylation is 2. The zero-order valence-electron chi connectivity index (χ0n) is 19.9. The van der Waals surface area contributed by atoms with Crippen molar-refractivity contribution < 1.29 is 13.2 Å². The highest BCUT2D eigenvalue weighted by Gasteiger charge is 2.15. The highest BCUT2D eigenvalue weighted by atomic mass is 32.2. The number of amides is 1. The first-order valence-corrected chi connectivity index (χ1v) is 12.8. The second-order valence-corrected chi connectivity index (χ2v) is 10.3. The van der Waals surface area contributed by atoms with Crippen LogP contribution in [0, 0.1) is 13.8 Å². The number of aromatic nitrogens is 2. The molecule has 7 nitrogen and oxygen atoms in total. The van der Waals surface area contributed by atoms with Crippen LogP contribution in [0.1, 0.15) is 45.6 Å². The van der Waals surface area contributed by atoms with E-state index in [1.165, 1.54) is 0 Å². The largest absolute Gasteiger partial charge is 0.346 e. The van der Waals surface area contributed by atoms with E-state index in [-0.39, 0.29) is 23.4 Å². The summed E-state index contributed by atoms with van der Waals surface area (Å²) in [5, 5.41) is 3.00. The van der Waals surface area contributed by atoms with Gasteiger partial charge < -0.3 is 9.88 Å². The summed E-state index contributed by atoms with van der Waals surface area (Å²) >= 11 is 0. The number of carbonyl (C=O) groups excluding carboxylic acids is 1. The molecule has 1 aromatic heterocycles. The lowest BCUT2D eigenvalue weighted by molar-refractivity contribution is 0.0940. The number of benzene rings is 3.